The van der Waals surface area contributed by atoms with Gasteiger partial charge in [0.05, 0.1) is 12.2 Å². The molecule has 1 heterocycles. The van der Waals surface area contributed by atoms with Crippen molar-refractivity contribution in [3.63, 3.8) is 0 Å². The molecule has 0 bridgehead atoms. The molecule has 0 amide bonds. The molecule has 1 saturated heterocycles. The van der Waals surface area contributed by atoms with Gasteiger partial charge in [0.25, 0.3) is 0 Å². The molecular weight excluding hydrogens is 310 g/mol. The predicted octanol–water partition coefficient (Wildman–Crippen LogP) is 2.52. The van der Waals surface area contributed by atoms with Gasteiger partial charge in [0, 0.05) is 6.54 Å². The van der Waals surface area contributed by atoms with Gasteiger partial charge in [-0.2, -0.15) is 11.8 Å². The van der Waals surface area contributed by atoms with Crippen molar-refractivity contribution in [2.75, 3.05) is 38.8 Å². The molecule has 1 aliphatic rings. The van der Waals surface area contributed by atoms with E-state index in [1.54, 1.807) is 0 Å². The van der Waals surface area contributed by atoms with Crippen LogP contribution in [-0.2, 0) is 9.53 Å². The monoisotopic (exact) mass is 337 g/mol. The summed E-state index contributed by atoms with van der Waals surface area (Å²) in [5.41, 5.74) is -0.148. The minimum atomic E-state index is -0.995. The van der Waals surface area contributed by atoms with Crippen molar-refractivity contribution in [1.29, 1.82) is 0 Å². The van der Waals surface area contributed by atoms with Crippen LogP contribution in [0, 0.1) is 0 Å². The fourth-order valence-electron chi connectivity index (χ4n) is 2.96. The van der Waals surface area contributed by atoms with E-state index in [1.807, 2.05) is 56.2 Å². The number of esters is 1. The number of benzene rings is 1. The third-order valence-electron chi connectivity index (χ3n) is 4.26. The molecule has 0 aliphatic carbocycles. The van der Waals surface area contributed by atoms with Crippen LogP contribution >= 0.6 is 11.8 Å². The van der Waals surface area contributed by atoms with Crippen molar-refractivity contribution in [3.05, 3.63) is 35.9 Å². The maximum atomic E-state index is 12.7. The molecule has 1 N–H and O–H groups in total. The van der Waals surface area contributed by atoms with E-state index >= 15 is 0 Å². The summed E-state index contributed by atoms with van der Waals surface area (Å²) in [6.07, 6.45) is 2.06. The highest BCUT2D eigenvalue weighted by Gasteiger charge is 2.44. The lowest BCUT2D eigenvalue weighted by molar-refractivity contribution is -0.153. The van der Waals surface area contributed by atoms with Gasteiger partial charge in [-0.3, -0.25) is 4.79 Å². The zero-order valence-corrected chi connectivity index (χ0v) is 14.8. The van der Waals surface area contributed by atoms with E-state index in [0.29, 0.717) is 19.4 Å². The molecule has 1 aromatic carbocycles. The molecular formula is C18H27NO3S. The van der Waals surface area contributed by atoms with Crippen molar-refractivity contribution in [3.8, 4) is 0 Å². The number of thioether (sulfide) groups is 1. The summed E-state index contributed by atoms with van der Waals surface area (Å²) in [5.74, 6) is 0.870. The van der Waals surface area contributed by atoms with Gasteiger partial charge in [0.1, 0.15) is 5.92 Å². The number of aliphatic hydroxyl groups is 1. The summed E-state index contributed by atoms with van der Waals surface area (Å²) >= 11 is 1.83. The smallest absolute Gasteiger partial charge is 0.316 e. The second-order valence-corrected chi connectivity index (χ2v) is 7.61. The molecule has 0 spiro atoms. The largest absolute Gasteiger partial charge is 0.465 e. The first-order valence-electron chi connectivity index (χ1n) is 8.19. The molecule has 2 rings (SSSR count). The van der Waals surface area contributed by atoms with E-state index in [9.17, 15) is 9.90 Å². The minimum Gasteiger partial charge on any atom is -0.465 e. The zero-order valence-electron chi connectivity index (χ0n) is 14.0. The fraction of sp³-hybridized carbons (Fsp3) is 0.611. The van der Waals surface area contributed by atoms with E-state index in [-0.39, 0.29) is 5.97 Å². The lowest BCUT2D eigenvalue weighted by Crippen LogP contribution is -2.44. The molecule has 1 aromatic rings. The second-order valence-electron chi connectivity index (χ2n) is 6.38. The molecule has 0 unspecified atom stereocenters. The third kappa shape index (κ3) is 5.23. The van der Waals surface area contributed by atoms with Gasteiger partial charge in [0.2, 0.25) is 0 Å². The molecule has 0 aromatic heterocycles. The van der Waals surface area contributed by atoms with Crippen molar-refractivity contribution in [2.24, 2.45) is 0 Å². The Labute approximate surface area is 143 Å². The van der Waals surface area contributed by atoms with E-state index in [1.165, 1.54) is 0 Å². The van der Waals surface area contributed by atoms with Crippen LogP contribution in [-0.4, -0.2) is 60.3 Å². The number of hydrogen-bond donors (Lipinski definition) is 1. The normalized spacial score (nSPS) is 18.6. The molecule has 1 fully saturated rings. The number of carbonyl (C=O) groups excluding carboxylic acids is 1. The van der Waals surface area contributed by atoms with Crippen LogP contribution in [0.5, 0.6) is 0 Å². The van der Waals surface area contributed by atoms with E-state index < -0.39 is 11.5 Å². The molecule has 5 heteroatoms. The Morgan fingerprint density at radius 1 is 1.30 bits per heavy atom. The summed E-state index contributed by atoms with van der Waals surface area (Å²) in [7, 11) is 3.99. The molecule has 4 nitrogen and oxygen atoms in total. The van der Waals surface area contributed by atoms with Crippen LogP contribution in [0.2, 0.25) is 0 Å². The van der Waals surface area contributed by atoms with Crippen molar-refractivity contribution in [2.45, 2.75) is 30.8 Å². The van der Waals surface area contributed by atoms with Crippen LogP contribution in [0.4, 0.5) is 0 Å². The van der Waals surface area contributed by atoms with Crippen LogP contribution in [0.15, 0.2) is 30.3 Å². The van der Waals surface area contributed by atoms with Gasteiger partial charge in [-0.15, -0.1) is 0 Å². The van der Waals surface area contributed by atoms with Crippen LogP contribution in [0.25, 0.3) is 0 Å². The topological polar surface area (TPSA) is 49.8 Å². The summed E-state index contributed by atoms with van der Waals surface area (Å²) in [6.45, 7) is 1.27. The SMILES string of the molecule is CN(C)CCCOC(=O)[C@@H](c1ccccc1)C1(O)CCSCC1. The Morgan fingerprint density at radius 2 is 1.96 bits per heavy atom. The molecule has 128 valence electrons. The number of nitrogens with zero attached hydrogens (tertiary/aromatic N) is 1. The van der Waals surface area contributed by atoms with Gasteiger partial charge in [0.15, 0.2) is 0 Å². The Balaban J connectivity index is 2.09. The lowest BCUT2D eigenvalue weighted by Gasteiger charge is -2.37. The molecule has 0 saturated carbocycles. The summed E-state index contributed by atoms with van der Waals surface area (Å²) < 4.78 is 5.50. The quantitative estimate of drug-likeness (QED) is 0.612. The maximum Gasteiger partial charge on any atom is 0.316 e. The van der Waals surface area contributed by atoms with E-state index in [2.05, 4.69) is 4.90 Å². The Kier molecular flexibility index (Phi) is 6.93. The predicted molar refractivity (Wildman–Crippen MR) is 94.8 cm³/mol. The number of hydrogen-bond acceptors (Lipinski definition) is 5. The fourth-order valence-corrected chi connectivity index (χ4v) is 4.16. The van der Waals surface area contributed by atoms with Gasteiger partial charge in [-0.25, -0.2) is 0 Å². The van der Waals surface area contributed by atoms with E-state index in [4.69, 9.17) is 4.74 Å². The Bertz CT molecular complexity index is 486. The van der Waals surface area contributed by atoms with Gasteiger partial charge < -0.3 is 14.7 Å². The van der Waals surface area contributed by atoms with Crippen LogP contribution in [0.1, 0.15) is 30.7 Å². The standard InChI is InChI=1S/C18H27NO3S/c1-19(2)11-6-12-22-17(20)16(15-7-4-3-5-8-15)18(21)9-13-23-14-10-18/h3-5,7-8,16,21H,6,9-14H2,1-2H3/t16-/m1/s1. The molecule has 0 radical (unpaired) electrons. The first-order chi connectivity index (χ1) is 11.0. The van der Waals surface area contributed by atoms with Crippen molar-refractivity contribution < 1.29 is 14.6 Å². The van der Waals surface area contributed by atoms with Gasteiger partial charge in [-0.1, -0.05) is 30.3 Å². The highest BCUT2D eigenvalue weighted by Crippen LogP contribution is 2.39. The molecule has 1 atom stereocenters. The third-order valence-corrected chi connectivity index (χ3v) is 5.24. The van der Waals surface area contributed by atoms with Gasteiger partial charge in [-0.05, 0) is 50.4 Å². The summed E-state index contributed by atoms with van der Waals surface area (Å²) in [6, 6.07) is 9.55. The molecule has 23 heavy (non-hydrogen) atoms. The summed E-state index contributed by atoms with van der Waals surface area (Å²) in [5, 5.41) is 11.1. The first kappa shape index (κ1) is 18.3. The minimum absolute atomic E-state index is 0.302. The number of ether oxygens (including phenoxy) is 1. The number of rotatable bonds is 7. The van der Waals surface area contributed by atoms with Crippen molar-refractivity contribution >= 4 is 17.7 Å². The molecule has 1 aliphatic heterocycles. The summed E-state index contributed by atoms with van der Waals surface area (Å²) in [4.78, 5) is 14.8. The average molecular weight is 337 g/mol. The van der Waals surface area contributed by atoms with Crippen LogP contribution in [0.3, 0.4) is 0 Å². The van der Waals surface area contributed by atoms with Crippen molar-refractivity contribution in [1.82, 2.24) is 4.90 Å². The highest BCUT2D eigenvalue weighted by atomic mass is 32.2. The zero-order chi connectivity index (χ0) is 16.7. The van der Waals surface area contributed by atoms with Gasteiger partial charge >= 0.3 is 5.97 Å². The lowest BCUT2D eigenvalue weighted by atomic mass is 9.78. The van der Waals surface area contributed by atoms with Crippen LogP contribution < -0.4 is 0 Å². The Hall–Kier alpha value is -1.04. The average Bonchev–Trinajstić information content (AvgIpc) is 2.53. The first-order valence-corrected chi connectivity index (χ1v) is 9.35. The Morgan fingerprint density at radius 3 is 2.57 bits per heavy atom. The highest BCUT2D eigenvalue weighted by molar-refractivity contribution is 7.99. The maximum absolute atomic E-state index is 12.7. The number of carbonyl (C=O) groups is 1. The van der Waals surface area contributed by atoms with E-state index in [0.717, 1.165) is 30.0 Å². The second kappa shape index (κ2) is 8.71.